The standard InChI is InChI=1S/C14H7BrCl2N2O2S/c15-11-5-4-7(21-11)6-10-13(20)19-14(22-10)18-9-3-1-2-8(16)12(9)17/h1-6H,(H,18,19,20)/b10-6-. The number of benzene rings is 1. The van der Waals surface area contributed by atoms with Gasteiger partial charge in [-0.1, -0.05) is 29.3 Å². The third-order valence-electron chi connectivity index (χ3n) is 2.67. The second-order valence-electron chi connectivity index (χ2n) is 4.20. The molecule has 0 aliphatic carbocycles. The van der Waals surface area contributed by atoms with Crippen molar-refractivity contribution in [2.45, 2.75) is 0 Å². The van der Waals surface area contributed by atoms with Gasteiger partial charge in [0.1, 0.15) is 5.76 Å². The van der Waals surface area contributed by atoms with Gasteiger partial charge in [-0.2, -0.15) is 0 Å². The van der Waals surface area contributed by atoms with Crippen molar-refractivity contribution in [3.63, 3.8) is 0 Å². The van der Waals surface area contributed by atoms with E-state index in [1.165, 1.54) is 11.8 Å². The quantitative estimate of drug-likeness (QED) is 0.679. The molecule has 0 bridgehead atoms. The van der Waals surface area contributed by atoms with E-state index < -0.39 is 0 Å². The lowest BCUT2D eigenvalue weighted by Crippen LogP contribution is -2.19. The van der Waals surface area contributed by atoms with E-state index in [0.29, 0.717) is 36.2 Å². The molecule has 0 saturated carbocycles. The predicted molar refractivity (Wildman–Crippen MR) is 93.7 cm³/mol. The number of thioether (sulfide) groups is 1. The monoisotopic (exact) mass is 416 g/mol. The number of nitrogens with one attached hydrogen (secondary N) is 1. The summed E-state index contributed by atoms with van der Waals surface area (Å²) in [6, 6.07) is 8.65. The fourth-order valence-corrected chi connectivity index (χ4v) is 3.18. The van der Waals surface area contributed by atoms with Crippen LogP contribution in [0.2, 0.25) is 10.0 Å². The van der Waals surface area contributed by atoms with E-state index in [4.69, 9.17) is 27.6 Å². The Labute approximate surface area is 148 Å². The maximum absolute atomic E-state index is 11.9. The van der Waals surface area contributed by atoms with Crippen LogP contribution in [0.15, 0.2) is 49.3 Å². The number of carbonyl (C=O) groups excluding carboxylic acids is 1. The largest absolute Gasteiger partial charge is 0.450 e. The number of hydrogen-bond acceptors (Lipinski definition) is 4. The molecule has 1 aliphatic rings. The zero-order valence-electron chi connectivity index (χ0n) is 10.8. The van der Waals surface area contributed by atoms with Crippen molar-refractivity contribution in [1.29, 1.82) is 0 Å². The van der Waals surface area contributed by atoms with Crippen molar-refractivity contribution in [3.05, 3.63) is 55.7 Å². The highest BCUT2D eigenvalue weighted by molar-refractivity contribution is 9.10. The zero-order valence-corrected chi connectivity index (χ0v) is 14.7. The van der Waals surface area contributed by atoms with Gasteiger partial charge in [-0.05, 0) is 52.0 Å². The van der Waals surface area contributed by atoms with Crippen LogP contribution in [0.4, 0.5) is 5.69 Å². The molecule has 1 aliphatic heterocycles. The molecular weight excluding hydrogens is 411 g/mol. The summed E-state index contributed by atoms with van der Waals surface area (Å²) in [5.41, 5.74) is 0.499. The van der Waals surface area contributed by atoms with E-state index in [-0.39, 0.29) is 5.91 Å². The molecule has 8 heteroatoms. The topological polar surface area (TPSA) is 54.6 Å². The molecule has 3 rings (SSSR count). The molecule has 1 N–H and O–H groups in total. The van der Waals surface area contributed by atoms with Gasteiger partial charge in [0.15, 0.2) is 9.84 Å². The average Bonchev–Trinajstić information content (AvgIpc) is 3.02. The molecule has 4 nitrogen and oxygen atoms in total. The molecule has 0 radical (unpaired) electrons. The number of hydrogen-bond donors (Lipinski definition) is 1. The summed E-state index contributed by atoms with van der Waals surface area (Å²) in [6.45, 7) is 0. The third kappa shape index (κ3) is 3.41. The SMILES string of the molecule is O=C1NC(=Nc2cccc(Cl)c2Cl)S/C1=C\c1ccc(Br)o1. The first-order valence-electron chi connectivity index (χ1n) is 6.02. The van der Waals surface area contributed by atoms with Gasteiger partial charge in [0.2, 0.25) is 0 Å². The Morgan fingerprint density at radius 2 is 2.09 bits per heavy atom. The van der Waals surface area contributed by atoms with Crippen LogP contribution < -0.4 is 5.32 Å². The first-order chi connectivity index (χ1) is 10.5. The molecule has 1 amide bonds. The van der Waals surface area contributed by atoms with Gasteiger partial charge in [0, 0.05) is 6.08 Å². The lowest BCUT2D eigenvalue weighted by atomic mass is 10.3. The normalized spacial score (nSPS) is 18.2. The number of halogens is 3. The Bertz CT molecular complexity index is 817. The van der Waals surface area contributed by atoms with Crippen molar-refractivity contribution in [1.82, 2.24) is 5.32 Å². The molecule has 22 heavy (non-hydrogen) atoms. The van der Waals surface area contributed by atoms with Crippen molar-refractivity contribution >= 4 is 73.7 Å². The van der Waals surface area contributed by atoms with E-state index in [9.17, 15) is 4.79 Å². The van der Waals surface area contributed by atoms with Crippen molar-refractivity contribution in [2.75, 3.05) is 0 Å². The molecule has 0 atom stereocenters. The summed E-state index contributed by atoms with van der Waals surface area (Å²) < 4.78 is 5.95. The first kappa shape index (κ1) is 15.7. The highest BCUT2D eigenvalue weighted by Crippen LogP contribution is 2.34. The van der Waals surface area contributed by atoms with Crippen LogP contribution in [0, 0.1) is 0 Å². The van der Waals surface area contributed by atoms with Crippen LogP contribution in [-0.4, -0.2) is 11.1 Å². The molecule has 1 saturated heterocycles. The number of furan rings is 1. The number of rotatable bonds is 2. The Balaban J connectivity index is 1.87. The third-order valence-corrected chi connectivity index (χ3v) is 4.82. The second kappa shape index (κ2) is 6.50. The van der Waals surface area contributed by atoms with E-state index in [2.05, 4.69) is 26.2 Å². The van der Waals surface area contributed by atoms with Gasteiger partial charge < -0.3 is 9.73 Å². The van der Waals surface area contributed by atoms with Gasteiger partial charge in [0.25, 0.3) is 5.91 Å². The molecule has 2 heterocycles. The summed E-state index contributed by atoms with van der Waals surface area (Å²) in [5.74, 6) is 0.334. The number of nitrogens with zero attached hydrogens (tertiary/aromatic N) is 1. The van der Waals surface area contributed by atoms with E-state index >= 15 is 0 Å². The predicted octanol–water partition coefficient (Wildman–Crippen LogP) is 5.24. The Morgan fingerprint density at radius 3 is 2.82 bits per heavy atom. The molecular formula is C14H7BrCl2N2O2S. The van der Waals surface area contributed by atoms with Gasteiger partial charge in [-0.25, -0.2) is 4.99 Å². The van der Waals surface area contributed by atoms with Crippen LogP contribution >= 0.6 is 50.9 Å². The fourth-order valence-electron chi connectivity index (χ4n) is 1.70. The number of amides is 1. The van der Waals surface area contributed by atoms with Crippen LogP contribution in [0.25, 0.3) is 6.08 Å². The molecule has 1 aromatic heterocycles. The molecule has 2 aromatic rings. The van der Waals surface area contributed by atoms with Crippen LogP contribution in [-0.2, 0) is 4.79 Å². The van der Waals surface area contributed by atoms with Crippen LogP contribution in [0.5, 0.6) is 0 Å². The molecule has 0 spiro atoms. The molecule has 112 valence electrons. The minimum Gasteiger partial charge on any atom is -0.450 e. The molecule has 1 fully saturated rings. The summed E-state index contributed by atoms with van der Waals surface area (Å²) >= 11 is 16.4. The number of aliphatic imine (C=N–C) groups is 1. The second-order valence-corrected chi connectivity index (χ2v) is 6.79. The van der Waals surface area contributed by atoms with Gasteiger partial charge in [0.05, 0.1) is 20.6 Å². The molecule has 0 unspecified atom stereocenters. The highest BCUT2D eigenvalue weighted by atomic mass is 79.9. The maximum Gasteiger partial charge on any atom is 0.264 e. The van der Waals surface area contributed by atoms with Gasteiger partial charge >= 0.3 is 0 Å². The van der Waals surface area contributed by atoms with Crippen molar-refractivity contribution < 1.29 is 9.21 Å². The zero-order chi connectivity index (χ0) is 15.7. The molecule has 1 aromatic carbocycles. The van der Waals surface area contributed by atoms with E-state index in [1.807, 2.05) is 0 Å². The summed E-state index contributed by atoms with van der Waals surface area (Å²) in [7, 11) is 0. The average molecular weight is 418 g/mol. The lowest BCUT2D eigenvalue weighted by Gasteiger charge is -2.00. The van der Waals surface area contributed by atoms with Crippen LogP contribution in [0.3, 0.4) is 0 Å². The Hall–Kier alpha value is -1.21. The minimum atomic E-state index is -0.241. The summed E-state index contributed by atoms with van der Waals surface area (Å²) in [5, 5.41) is 3.87. The number of amidine groups is 1. The van der Waals surface area contributed by atoms with Crippen LogP contribution in [0.1, 0.15) is 5.76 Å². The van der Waals surface area contributed by atoms with Crippen molar-refractivity contribution in [2.24, 2.45) is 4.99 Å². The first-order valence-corrected chi connectivity index (χ1v) is 8.38. The highest BCUT2D eigenvalue weighted by Gasteiger charge is 2.24. The van der Waals surface area contributed by atoms with Crippen molar-refractivity contribution in [3.8, 4) is 0 Å². The Kier molecular flexibility index (Phi) is 4.63. The van der Waals surface area contributed by atoms with Gasteiger partial charge in [-0.15, -0.1) is 0 Å². The smallest absolute Gasteiger partial charge is 0.264 e. The number of carbonyl (C=O) groups is 1. The van der Waals surface area contributed by atoms with Gasteiger partial charge in [-0.3, -0.25) is 4.79 Å². The summed E-state index contributed by atoms with van der Waals surface area (Å²) in [4.78, 5) is 16.7. The minimum absolute atomic E-state index is 0.241. The maximum atomic E-state index is 11.9. The fraction of sp³-hybridized carbons (Fsp3) is 0. The Morgan fingerprint density at radius 1 is 1.27 bits per heavy atom. The van der Waals surface area contributed by atoms with E-state index in [0.717, 1.165) is 0 Å². The lowest BCUT2D eigenvalue weighted by molar-refractivity contribution is -0.115. The summed E-state index contributed by atoms with van der Waals surface area (Å²) in [6.07, 6.45) is 1.65. The van der Waals surface area contributed by atoms with E-state index in [1.54, 1.807) is 36.4 Å².